The molecule has 0 N–H and O–H groups in total. The largest absolute Gasteiger partial charge is 0.392 e. The molecule has 0 saturated carbocycles. The van der Waals surface area contributed by atoms with Crippen LogP contribution in [-0.2, 0) is 29.6 Å². The molecule has 0 spiro atoms. The number of carbonyl (C=O) groups excluding carboxylic acids is 2. The van der Waals surface area contributed by atoms with Crippen LogP contribution >= 0.6 is 0 Å². The van der Waals surface area contributed by atoms with Crippen LogP contribution in [0.4, 0.5) is 5.69 Å². The number of benzene rings is 2. The van der Waals surface area contributed by atoms with Crippen LogP contribution in [0.5, 0.6) is 0 Å². The van der Waals surface area contributed by atoms with Crippen molar-refractivity contribution in [3.8, 4) is 0 Å². The van der Waals surface area contributed by atoms with Crippen LogP contribution in [0.1, 0.15) is 43.4 Å². The number of rotatable bonds is 3. The number of aryl methyl sites for hydroxylation is 1. The van der Waals surface area contributed by atoms with Gasteiger partial charge in [0.05, 0.1) is 4.90 Å². The molecule has 1 saturated heterocycles. The van der Waals surface area contributed by atoms with Crippen molar-refractivity contribution in [2.75, 3.05) is 11.9 Å². The summed E-state index contributed by atoms with van der Waals surface area (Å²) in [5, 5.41) is -1.59. The predicted molar refractivity (Wildman–Crippen MR) is 113 cm³/mol. The smallest absolute Gasteiger partial charge is 0.333 e. The monoisotopic (exact) mass is 427 g/mol. The van der Waals surface area contributed by atoms with E-state index < -0.39 is 32.9 Å². The Morgan fingerprint density at radius 2 is 1.63 bits per heavy atom. The molecule has 4 rings (SSSR count). The summed E-state index contributed by atoms with van der Waals surface area (Å²) in [6, 6.07) is 12.0. The molecular weight excluding hydrogens is 402 g/mol. The number of ether oxygens (including phenoxy) is 1. The molecule has 3 unspecified atom stereocenters. The maximum absolute atomic E-state index is 13.3. The quantitative estimate of drug-likeness (QED) is 0.553. The topological polar surface area (TPSA) is 80.7 Å². The van der Waals surface area contributed by atoms with E-state index in [1.807, 2.05) is 26.1 Å². The molecule has 2 aliphatic heterocycles. The maximum atomic E-state index is 13.3. The third kappa shape index (κ3) is 2.87. The van der Waals surface area contributed by atoms with E-state index in [9.17, 15) is 18.0 Å². The van der Waals surface area contributed by atoms with E-state index in [1.165, 1.54) is 12.1 Å². The molecule has 2 heterocycles. The fourth-order valence-corrected chi connectivity index (χ4v) is 6.20. The van der Waals surface area contributed by atoms with Gasteiger partial charge in [0.1, 0.15) is 5.92 Å². The first kappa shape index (κ1) is 20.6. The van der Waals surface area contributed by atoms with Gasteiger partial charge in [0, 0.05) is 24.2 Å². The highest BCUT2D eigenvalue weighted by molar-refractivity contribution is 7.93. The molecule has 158 valence electrons. The molecule has 0 radical (unpaired) electrons. The van der Waals surface area contributed by atoms with Crippen molar-refractivity contribution < 1.29 is 22.7 Å². The highest BCUT2D eigenvalue weighted by Crippen LogP contribution is 2.46. The number of anilines is 1. The van der Waals surface area contributed by atoms with Gasteiger partial charge < -0.3 is 9.64 Å². The summed E-state index contributed by atoms with van der Waals surface area (Å²) in [6.45, 7) is 8.27. The number of hydrogen-bond donors (Lipinski definition) is 0. The number of cyclic esters (lactones) is 2. The fraction of sp³-hybridized carbons (Fsp3) is 0.391. The van der Waals surface area contributed by atoms with Crippen LogP contribution in [-0.4, -0.2) is 38.7 Å². The average Bonchev–Trinajstić information content (AvgIpc) is 3.08. The molecule has 7 heteroatoms. The van der Waals surface area contributed by atoms with Crippen molar-refractivity contribution in [1.82, 2.24) is 0 Å². The molecule has 2 aromatic carbocycles. The zero-order valence-electron chi connectivity index (χ0n) is 17.7. The second kappa shape index (κ2) is 6.67. The summed E-state index contributed by atoms with van der Waals surface area (Å²) in [6.07, 6.45) is 0. The van der Waals surface area contributed by atoms with Gasteiger partial charge in [0.15, 0.2) is 15.1 Å². The first-order chi connectivity index (χ1) is 14.0. The Kier molecular flexibility index (Phi) is 4.58. The van der Waals surface area contributed by atoms with E-state index in [2.05, 4.69) is 25.7 Å². The van der Waals surface area contributed by atoms with Gasteiger partial charge in [-0.25, -0.2) is 8.42 Å². The van der Waals surface area contributed by atoms with Crippen molar-refractivity contribution in [3.63, 3.8) is 0 Å². The lowest BCUT2D eigenvalue weighted by Gasteiger charge is -2.28. The first-order valence-electron chi connectivity index (χ1n) is 9.89. The Labute approximate surface area is 176 Å². The number of hydrogen-bond acceptors (Lipinski definition) is 6. The van der Waals surface area contributed by atoms with E-state index in [0.29, 0.717) is 5.56 Å². The molecule has 6 nitrogen and oxygen atoms in total. The zero-order valence-corrected chi connectivity index (χ0v) is 18.5. The molecule has 1 fully saturated rings. The van der Waals surface area contributed by atoms with E-state index in [4.69, 9.17) is 4.74 Å². The third-order valence-electron chi connectivity index (χ3n) is 6.75. The Morgan fingerprint density at radius 3 is 2.27 bits per heavy atom. The molecule has 0 bridgehead atoms. The third-order valence-corrected chi connectivity index (χ3v) is 8.82. The lowest BCUT2D eigenvalue weighted by molar-refractivity contribution is -0.152. The number of fused-ring (bicyclic) bond motifs is 1. The van der Waals surface area contributed by atoms with Crippen molar-refractivity contribution in [2.45, 2.75) is 55.2 Å². The van der Waals surface area contributed by atoms with Gasteiger partial charge in [-0.3, -0.25) is 9.59 Å². The molecule has 0 aromatic heterocycles. The highest BCUT2D eigenvalue weighted by atomic mass is 32.2. The fourth-order valence-electron chi connectivity index (χ4n) is 4.47. The Hall–Kier alpha value is -2.67. The van der Waals surface area contributed by atoms with Crippen LogP contribution in [0, 0.1) is 6.92 Å². The van der Waals surface area contributed by atoms with Crippen molar-refractivity contribution in [2.24, 2.45) is 0 Å². The summed E-state index contributed by atoms with van der Waals surface area (Å²) < 4.78 is 31.4. The number of nitrogens with zero attached hydrogens (tertiary/aromatic N) is 1. The zero-order chi connectivity index (χ0) is 22.0. The number of esters is 2. The summed E-state index contributed by atoms with van der Waals surface area (Å²) in [4.78, 5) is 27.2. The van der Waals surface area contributed by atoms with E-state index in [0.717, 1.165) is 16.8 Å². The minimum absolute atomic E-state index is 0.00258. The van der Waals surface area contributed by atoms with E-state index in [-0.39, 0.29) is 16.4 Å². The minimum Gasteiger partial charge on any atom is -0.392 e. The van der Waals surface area contributed by atoms with Gasteiger partial charge in [0.2, 0.25) is 0 Å². The van der Waals surface area contributed by atoms with E-state index in [1.54, 1.807) is 18.2 Å². The molecule has 2 aromatic rings. The SMILES string of the molecule is Cc1ccc(S(=O)(=O)C2C(=O)OC(=O)C2c2ccc3c(c2)N(C)C(C)C3(C)C)cc1. The van der Waals surface area contributed by atoms with Crippen LogP contribution in [0.2, 0.25) is 0 Å². The standard InChI is InChI=1S/C23H25NO5S/c1-13-6-9-16(10-7-13)30(27,28)20-19(21(25)29-22(20)26)15-8-11-17-18(12-15)24(5)14(2)23(17,3)4/h6-12,14,19-20H,1-5H3. The van der Waals surface area contributed by atoms with E-state index >= 15 is 0 Å². The molecular formula is C23H25NO5S. The average molecular weight is 428 g/mol. The second-order valence-electron chi connectivity index (χ2n) is 8.78. The molecule has 3 atom stereocenters. The Balaban J connectivity index is 1.81. The van der Waals surface area contributed by atoms with Gasteiger partial charge in [-0.15, -0.1) is 0 Å². The summed E-state index contributed by atoms with van der Waals surface area (Å²) in [5.41, 5.74) is 3.33. The lowest BCUT2D eigenvalue weighted by Crippen LogP contribution is -2.36. The minimum atomic E-state index is -4.11. The molecule has 0 aliphatic carbocycles. The van der Waals surface area contributed by atoms with Gasteiger partial charge in [-0.05, 0) is 43.2 Å². The van der Waals surface area contributed by atoms with Gasteiger partial charge in [-0.1, -0.05) is 43.7 Å². The van der Waals surface area contributed by atoms with Crippen LogP contribution in [0.25, 0.3) is 0 Å². The van der Waals surface area contributed by atoms with Crippen LogP contribution in [0.15, 0.2) is 47.4 Å². The number of carbonyl (C=O) groups is 2. The summed E-state index contributed by atoms with van der Waals surface area (Å²) in [5.74, 6) is -3.04. The first-order valence-corrected chi connectivity index (χ1v) is 11.4. The Morgan fingerprint density at radius 1 is 1.00 bits per heavy atom. The van der Waals surface area contributed by atoms with Crippen molar-refractivity contribution >= 4 is 27.5 Å². The van der Waals surface area contributed by atoms with Crippen LogP contribution < -0.4 is 4.90 Å². The normalized spacial score (nSPS) is 25.4. The summed E-state index contributed by atoms with van der Waals surface area (Å²) >= 11 is 0. The van der Waals surface area contributed by atoms with Crippen LogP contribution in [0.3, 0.4) is 0 Å². The highest BCUT2D eigenvalue weighted by Gasteiger charge is 2.53. The Bertz CT molecular complexity index is 1150. The molecule has 2 aliphatic rings. The van der Waals surface area contributed by atoms with Gasteiger partial charge >= 0.3 is 11.9 Å². The number of sulfone groups is 1. The van der Waals surface area contributed by atoms with Gasteiger partial charge in [-0.2, -0.15) is 0 Å². The summed E-state index contributed by atoms with van der Waals surface area (Å²) in [7, 11) is -2.13. The molecule has 30 heavy (non-hydrogen) atoms. The van der Waals surface area contributed by atoms with Crippen molar-refractivity contribution in [1.29, 1.82) is 0 Å². The second-order valence-corrected chi connectivity index (χ2v) is 10.9. The predicted octanol–water partition coefficient (Wildman–Crippen LogP) is 3.12. The van der Waals surface area contributed by atoms with Gasteiger partial charge in [0.25, 0.3) is 0 Å². The maximum Gasteiger partial charge on any atom is 0.333 e. The lowest BCUT2D eigenvalue weighted by atomic mass is 9.80. The number of likely N-dealkylation sites (N-methyl/N-ethyl adjacent to an activating group) is 1. The van der Waals surface area contributed by atoms with Crippen molar-refractivity contribution in [3.05, 3.63) is 59.2 Å². The molecule has 0 amide bonds.